The topological polar surface area (TPSA) is 73.1 Å². The Kier molecular flexibility index (Phi) is 3.55. The Morgan fingerprint density at radius 1 is 1.39 bits per heavy atom. The van der Waals surface area contributed by atoms with Crippen molar-refractivity contribution >= 4 is 27.3 Å². The molecule has 3 heterocycles. The highest BCUT2D eigenvalue weighted by molar-refractivity contribution is 7.20. The molecule has 0 radical (unpaired) electrons. The van der Waals surface area contributed by atoms with Gasteiger partial charge in [0.1, 0.15) is 6.10 Å². The highest BCUT2D eigenvalue weighted by atomic mass is 32.1. The zero-order valence-electron chi connectivity index (χ0n) is 12.5. The minimum Gasteiger partial charge on any atom is -0.366 e. The van der Waals surface area contributed by atoms with Crippen molar-refractivity contribution in [1.29, 1.82) is 0 Å². The Morgan fingerprint density at radius 2 is 2.26 bits per heavy atom. The Hall–Kier alpha value is -2.32. The zero-order valence-corrected chi connectivity index (χ0v) is 13.4. The van der Waals surface area contributed by atoms with Crippen LogP contribution in [-0.2, 0) is 11.8 Å². The van der Waals surface area contributed by atoms with E-state index in [-0.39, 0.29) is 12.0 Å². The number of nitrogens with zero attached hydrogens (tertiary/aromatic N) is 5. The van der Waals surface area contributed by atoms with Crippen LogP contribution < -0.4 is 0 Å². The molecule has 1 amide bonds. The normalized spacial score (nSPS) is 18.5. The quantitative estimate of drug-likeness (QED) is 0.714. The molecule has 1 saturated heterocycles. The van der Waals surface area contributed by atoms with Gasteiger partial charge in [-0.15, -0.1) is 16.4 Å². The van der Waals surface area contributed by atoms with Gasteiger partial charge in [-0.2, -0.15) is 0 Å². The first kappa shape index (κ1) is 14.3. The number of benzene rings is 1. The number of ether oxygens (including phenoxy) is 1. The Balaban J connectivity index is 1.57. The lowest BCUT2D eigenvalue weighted by molar-refractivity contribution is -0.0282. The van der Waals surface area contributed by atoms with E-state index in [1.54, 1.807) is 11.7 Å². The molecule has 8 heteroatoms. The van der Waals surface area contributed by atoms with Gasteiger partial charge in [0.2, 0.25) is 0 Å². The van der Waals surface area contributed by atoms with E-state index in [2.05, 4.69) is 15.5 Å². The first-order valence-electron chi connectivity index (χ1n) is 7.34. The number of tetrazole rings is 1. The lowest BCUT2D eigenvalue weighted by atomic mass is 10.2. The predicted octanol–water partition coefficient (Wildman–Crippen LogP) is 1.64. The standard InChI is InChI=1S/C15H15N5O2S/c1-19-14(16-17-18-19)11-9-20(6-7-22-11)15(21)13-8-10-4-2-3-5-12(10)23-13/h2-5,8,11H,6-7,9H2,1H3. The average Bonchev–Trinajstić information content (AvgIpc) is 3.20. The average molecular weight is 329 g/mol. The maximum absolute atomic E-state index is 12.8. The van der Waals surface area contributed by atoms with Crippen molar-refractivity contribution in [3.05, 3.63) is 41.0 Å². The number of thiophene rings is 1. The zero-order chi connectivity index (χ0) is 15.8. The number of fused-ring (bicyclic) bond motifs is 1. The molecule has 7 nitrogen and oxygen atoms in total. The van der Waals surface area contributed by atoms with Crippen LogP contribution in [-0.4, -0.2) is 50.7 Å². The Morgan fingerprint density at radius 3 is 3.04 bits per heavy atom. The molecule has 1 aliphatic heterocycles. The minimum atomic E-state index is -0.290. The predicted molar refractivity (Wildman–Crippen MR) is 85.2 cm³/mol. The molecule has 0 saturated carbocycles. The lowest BCUT2D eigenvalue weighted by Gasteiger charge is -2.31. The summed E-state index contributed by atoms with van der Waals surface area (Å²) in [5.74, 6) is 0.675. The van der Waals surface area contributed by atoms with Crippen LogP contribution in [0.3, 0.4) is 0 Å². The van der Waals surface area contributed by atoms with Crippen molar-refractivity contribution in [2.75, 3.05) is 19.7 Å². The second-order valence-electron chi connectivity index (χ2n) is 5.42. The van der Waals surface area contributed by atoms with Crippen LogP contribution in [0.15, 0.2) is 30.3 Å². The van der Waals surface area contributed by atoms with E-state index in [1.165, 1.54) is 11.3 Å². The molecule has 0 bridgehead atoms. The third-order valence-electron chi connectivity index (χ3n) is 3.93. The van der Waals surface area contributed by atoms with Crippen molar-refractivity contribution in [1.82, 2.24) is 25.1 Å². The molecule has 1 atom stereocenters. The van der Waals surface area contributed by atoms with Gasteiger partial charge in [-0.05, 0) is 27.9 Å². The van der Waals surface area contributed by atoms with Gasteiger partial charge in [-0.3, -0.25) is 4.79 Å². The highest BCUT2D eigenvalue weighted by Crippen LogP contribution is 2.28. The largest absolute Gasteiger partial charge is 0.366 e. The second kappa shape index (κ2) is 5.71. The molecule has 1 aromatic carbocycles. The molecule has 0 spiro atoms. The molecule has 2 aromatic heterocycles. The number of aromatic nitrogens is 4. The van der Waals surface area contributed by atoms with Crippen LogP contribution in [0.25, 0.3) is 10.1 Å². The van der Waals surface area contributed by atoms with Crippen molar-refractivity contribution in [2.45, 2.75) is 6.10 Å². The number of amides is 1. The molecule has 118 valence electrons. The van der Waals surface area contributed by atoms with Crippen LogP contribution >= 0.6 is 11.3 Å². The van der Waals surface area contributed by atoms with Gasteiger partial charge in [-0.25, -0.2) is 4.68 Å². The minimum absolute atomic E-state index is 0.0367. The summed E-state index contributed by atoms with van der Waals surface area (Å²) in [5, 5.41) is 12.5. The van der Waals surface area contributed by atoms with Gasteiger partial charge in [0.15, 0.2) is 5.82 Å². The Bertz CT molecular complexity index is 825. The van der Waals surface area contributed by atoms with Gasteiger partial charge < -0.3 is 9.64 Å². The SMILES string of the molecule is Cn1nnnc1C1CN(C(=O)c2cc3ccccc3s2)CCO1. The van der Waals surface area contributed by atoms with E-state index >= 15 is 0 Å². The molecule has 23 heavy (non-hydrogen) atoms. The number of carbonyl (C=O) groups is 1. The maximum atomic E-state index is 12.8. The molecule has 1 fully saturated rings. The van der Waals surface area contributed by atoms with E-state index in [1.807, 2.05) is 35.2 Å². The fourth-order valence-electron chi connectivity index (χ4n) is 2.74. The molecular weight excluding hydrogens is 314 g/mol. The Labute approximate surface area is 136 Å². The van der Waals surface area contributed by atoms with Crippen molar-refractivity contribution in [3.63, 3.8) is 0 Å². The molecule has 3 aromatic rings. The molecule has 4 rings (SSSR count). The molecule has 1 unspecified atom stereocenters. The van der Waals surface area contributed by atoms with E-state index < -0.39 is 0 Å². The molecular formula is C15H15N5O2S. The summed E-state index contributed by atoms with van der Waals surface area (Å²) in [4.78, 5) is 15.4. The highest BCUT2D eigenvalue weighted by Gasteiger charge is 2.29. The summed E-state index contributed by atoms with van der Waals surface area (Å²) in [7, 11) is 1.77. The summed E-state index contributed by atoms with van der Waals surface area (Å²) in [6.45, 7) is 1.52. The van der Waals surface area contributed by atoms with Crippen LogP contribution in [0, 0.1) is 0 Å². The molecule has 1 aliphatic rings. The van der Waals surface area contributed by atoms with E-state index in [9.17, 15) is 4.79 Å². The summed E-state index contributed by atoms with van der Waals surface area (Å²) in [6, 6.07) is 9.98. The monoisotopic (exact) mass is 329 g/mol. The first-order chi connectivity index (χ1) is 11.2. The van der Waals surface area contributed by atoms with Crippen molar-refractivity contribution in [3.8, 4) is 0 Å². The first-order valence-corrected chi connectivity index (χ1v) is 8.16. The fraction of sp³-hybridized carbons (Fsp3) is 0.333. The molecule has 0 N–H and O–H groups in total. The number of aryl methyl sites for hydroxylation is 1. The van der Waals surface area contributed by atoms with Gasteiger partial charge in [-0.1, -0.05) is 18.2 Å². The number of hydrogen-bond acceptors (Lipinski definition) is 6. The summed E-state index contributed by atoms with van der Waals surface area (Å²) >= 11 is 1.52. The van der Waals surface area contributed by atoms with Crippen LogP contribution in [0.5, 0.6) is 0 Å². The molecule has 0 aliphatic carbocycles. The van der Waals surface area contributed by atoms with Crippen LogP contribution in [0.2, 0.25) is 0 Å². The third-order valence-corrected chi connectivity index (χ3v) is 5.03. The van der Waals surface area contributed by atoms with Gasteiger partial charge in [0.25, 0.3) is 5.91 Å². The summed E-state index contributed by atoms with van der Waals surface area (Å²) in [5.41, 5.74) is 0. The van der Waals surface area contributed by atoms with Gasteiger partial charge >= 0.3 is 0 Å². The van der Waals surface area contributed by atoms with E-state index in [0.29, 0.717) is 25.5 Å². The fourth-order valence-corrected chi connectivity index (χ4v) is 3.77. The van der Waals surface area contributed by atoms with Gasteiger partial charge in [0, 0.05) is 18.3 Å². The lowest BCUT2D eigenvalue weighted by Crippen LogP contribution is -2.42. The van der Waals surface area contributed by atoms with Crippen LogP contribution in [0.1, 0.15) is 21.6 Å². The van der Waals surface area contributed by atoms with Crippen molar-refractivity contribution in [2.24, 2.45) is 7.05 Å². The number of morpholine rings is 1. The third kappa shape index (κ3) is 2.60. The van der Waals surface area contributed by atoms with E-state index in [0.717, 1.165) is 15.0 Å². The number of rotatable bonds is 2. The van der Waals surface area contributed by atoms with E-state index in [4.69, 9.17) is 4.74 Å². The van der Waals surface area contributed by atoms with Crippen LogP contribution in [0.4, 0.5) is 0 Å². The smallest absolute Gasteiger partial charge is 0.264 e. The maximum Gasteiger partial charge on any atom is 0.264 e. The number of hydrogen-bond donors (Lipinski definition) is 0. The van der Waals surface area contributed by atoms with Crippen molar-refractivity contribution < 1.29 is 9.53 Å². The summed E-state index contributed by atoms with van der Waals surface area (Å²) < 4.78 is 8.43. The summed E-state index contributed by atoms with van der Waals surface area (Å²) in [6.07, 6.45) is -0.290. The second-order valence-corrected chi connectivity index (χ2v) is 6.50. The van der Waals surface area contributed by atoms with Gasteiger partial charge in [0.05, 0.1) is 18.0 Å². The number of carbonyl (C=O) groups excluding carboxylic acids is 1.